The van der Waals surface area contributed by atoms with E-state index in [4.69, 9.17) is 0 Å². The molecular formula is C19H20N4OS2. The third-order valence-corrected chi connectivity index (χ3v) is 5.50. The van der Waals surface area contributed by atoms with Crippen LogP contribution < -0.4 is 10.2 Å². The molecule has 3 rings (SSSR count). The van der Waals surface area contributed by atoms with Crippen molar-refractivity contribution in [1.29, 1.82) is 0 Å². The number of nitrogens with one attached hydrogen (secondary N) is 1. The van der Waals surface area contributed by atoms with Gasteiger partial charge in [0.25, 0.3) is 0 Å². The van der Waals surface area contributed by atoms with Crippen LogP contribution in [-0.2, 0) is 4.79 Å². The topological polar surface area (TPSA) is 58.1 Å². The van der Waals surface area contributed by atoms with Gasteiger partial charge in [-0.25, -0.2) is 0 Å². The van der Waals surface area contributed by atoms with E-state index < -0.39 is 0 Å². The molecule has 0 saturated carbocycles. The van der Waals surface area contributed by atoms with Crippen molar-refractivity contribution in [3.8, 4) is 0 Å². The summed E-state index contributed by atoms with van der Waals surface area (Å²) in [6, 6.07) is 18.0. The Bertz CT molecular complexity index is 821. The molecule has 0 atom stereocenters. The van der Waals surface area contributed by atoms with Crippen molar-refractivity contribution in [3.63, 3.8) is 0 Å². The van der Waals surface area contributed by atoms with Crippen LogP contribution in [-0.4, -0.2) is 27.9 Å². The standard InChI is InChI=1S/C19H20N4OS2/c1-14(2)23(18(24)12-25-19-22-20-13-26-19)17-10-8-16(9-11-17)21-15-6-4-3-5-7-15/h3-11,13-14,21H,12H2,1-2H3. The normalized spacial score (nSPS) is 10.7. The first kappa shape index (κ1) is 18.4. The van der Waals surface area contributed by atoms with Gasteiger partial charge in [0.2, 0.25) is 5.91 Å². The first-order valence-corrected chi connectivity index (χ1v) is 10.1. The first-order valence-electron chi connectivity index (χ1n) is 8.26. The minimum atomic E-state index is 0.0592. The number of hydrogen-bond acceptors (Lipinski definition) is 6. The molecule has 0 aliphatic rings. The molecule has 0 radical (unpaired) electrons. The molecule has 1 heterocycles. The molecule has 0 aliphatic heterocycles. The molecule has 1 amide bonds. The smallest absolute Gasteiger partial charge is 0.237 e. The van der Waals surface area contributed by atoms with Gasteiger partial charge in [0.1, 0.15) is 5.51 Å². The average Bonchev–Trinajstić information content (AvgIpc) is 3.16. The summed E-state index contributed by atoms with van der Waals surface area (Å²) in [5.74, 6) is 0.404. The van der Waals surface area contributed by atoms with Crippen LogP contribution >= 0.6 is 23.1 Å². The number of anilines is 3. The number of aromatic nitrogens is 2. The SMILES string of the molecule is CC(C)N(C(=O)CSc1nncs1)c1ccc(Nc2ccccc2)cc1. The number of rotatable bonds is 7. The van der Waals surface area contributed by atoms with E-state index in [2.05, 4.69) is 15.5 Å². The summed E-state index contributed by atoms with van der Waals surface area (Å²) in [4.78, 5) is 14.5. The molecule has 2 aromatic carbocycles. The molecule has 7 heteroatoms. The van der Waals surface area contributed by atoms with Crippen LogP contribution in [0.5, 0.6) is 0 Å². The van der Waals surface area contributed by atoms with Crippen LogP contribution in [0.3, 0.4) is 0 Å². The van der Waals surface area contributed by atoms with E-state index in [0.29, 0.717) is 5.75 Å². The molecule has 1 N–H and O–H groups in total. The lowest BCUT2D eigenvalue weighted by Gasteiger charge is -2.27. The van der Waals surface area contributed by atoms with Crippen molar-refractivity contribution < 1.29 is 4.79 Å². The quantitative estimate of drug-likeness (QED) is 0.592. The molecule has 0 unspecified atom stereocenters. The van der Waals surface area contributed by atoms with Crippen LogP contribution in [0, 0.1) is 0 Å². The maximum atomic E-state index is 12.7. The summed E-state index contributed by atoms with van der Waals surface area (Å²) in [6.45, 7) is 4.04. The second kappa shape index (κ2) is 8.82. The van der Waals surface area contributed by atoms with Gasteiger partial charge in [-0.1, -0.05) is 41.3 Å². The van der Waals surface area contributed by atoms with Crippen molar-refractivity contribution in [2.24, 2.45) is 0 Å². The number of carbonyl (C=O) groups is 1. The van der Waals surface area contributed by atoms with Gasteiger partial charge in [-0.3, -0.25) is 4.79 Å². The molecule has 0 aliphatic carbocycles. The van der Waals surface area contributed by atoms with E-state index in [1.807, 2.05) is 73.3 Å². The zero-order valence-corrected chi connectivity index (χ0v) is 16.3. The molecule has 0 saturated heterocycles. The Kier molecular flexibility index (Phi) is 6.25. The van der Waals surface area contributed by atoms with E-state index in [1.165, 1.54) is 23.1 Å². The predicted molar refractivity (Wildman–Crippen MR) is 109 cm³/mol. The largest absolute Gasteiger partial charge is 0.356 e. The molecule has 0 fully saturated rings. The molecule has 0 spiro atoms. The molecule has 1 aromatic heterocycles. The van der Waals surface area contributed by atoms with Gasteiger partial charge in [0.15, 0.2) is 4.34 Å². The van der Waals surface area contributed by atoms with Crippen molar-refractivity contribution in [3.05, 3.63) is 60.1 Å². The van der Waals surface area contributed by atoms with Gasteiger partial charge >= 0.3 is 0 Å². The molecular weight excluding hydrogens is 364 g/mol. The Hall–Kier alpha value is -2.38. The molecule has 0 bridgehead atoms. The lowest BCUT2D eigenvalue weighted by molar-refractivity contribution is -0.116. The maximum Gasteiger partial charge on any atom is 0.237 e. The molecule has 134 valence electrons. The Morgan fingerprint density at radius 2 is 1.81 bits per heavy atom. The van der Waals surface area contributed by atoms with Crippen molar-refractivity contribution in [2.75, 3.05) is 16.0 Å². The Labute approximate surface area is 161 Å². The van der Waals surface area contributed by atoms with Crippen molar-refractivity contribution in [2.45, 2.75) is 24.2 Å². The summed E-state index contributed by atoms with van der Waals surface area (Å²) in [7, 11) is 0. The second-order valence-corrected chi connectivity index (χ2v) is 7.94. The van der Waals surface area contributed by atoms with Crippen LogP contribution in [0.1, 0.15) is 13.8 Å². The highest BCUT2D eigenvalue weighted by molar-refractivity contribution is 8.01. The van der Waals surface area contributed by atoms with E-state index in [-0.39, 0.29) is 11.9 Å². The first-order chi connectivity index (χ1) is 12.6. The average molecular weight is 385 g/mol. The molecule has 5 nitrogen and oxygen atoms in total. The van der Waals surface area contributed by atoms with E-state index in [0.717, 1.165) is 21.4 Å². The highest BCUT2D eigenvalue weighted by Gasteiger charge is 2.19. The number of para-hydroxylation sites is 1. The van der Waals surface area contributed by atoms with Crippen LogP contribution in [0.15, 0.2) is 64.4 Å². The summed E-state index contributed by atoms with van der Waals surface area (Å²) in [6.07, 6.45) is 0. The van der Waals surface area contributed by atoms with Crippen LogP contribution in [0.4, 0.5) is 17.1 Å². The zero-order valence-electron chi connectivity index (χ0n) is 14.6. The second-order valence-electron chi connectivity index (χ2n) is 5.89. The van der Waals surface area contributed by atoms with Gasteiger partial charge in [-0.15, -0.1) is 10.2 Å². The van der Waals surface area contributed by atoms with Gasteiger partial charge in [0, 0.05) is 23.1 Å². The summed E-state index contributed by atoms with van der Waals surface area (Å²) in [5.41, 5.74) is 4.58. The highest BCUT2D eigenvalue weighted by atomic mass is 32.2. The fourth-order valence-corrected chi connectivity index (χ4v) is 3.89. The van der Waals surface area contributed by atoms with E-state index >= 15 is 0 Å². The lowest BCUT2D eigenvalue weighted by Crippen LogP contribution is -2.38. The van der Waals surface area contributed by atoms with Crippen LogP contribution in [0.2, 0.25) is 0 Å². The van der Waals surface area contributed by atoms with Gasteiger partial charge in [-0.05, 0) is 50.2 Å². The third kappa shape index (κ3) is 4.83. The monoisotopic (exact) mass is 384 g/mol. The van der Waals surface area contributed by atoms with Crippen LogP contribution in [0.25, 0.3) is 0 Å². The fraction of sp³-hybridized carbons (Fsp3) is 0.211. The predicted octanol–water partition coefficient (Wildman–Crippen LogP) is 4.82. The van der Waals surface area contributed by atoms with Crippen molar-refractivity contribution >= 4 is 46.1 Å². The highest BCUT2D eigenvalue weighted by Crippen LogP contribution is 2.25. The number of nitrogens with zero attached hydrogens (tertiary/aromatic N) is 3. The minimum absolute atomic E-state index is 0.0592. The Morgan fingerprint density at radius 3 is 2.42 bits per heavy atom. The number of hydrogen-bond donors (Lipinski definition) is 1. The van der Waals surface area contributed by atoms with Crippen molar-refractivity contribution in [1.82, 2.24) is 10.2 Å². The number of thioether (sulfide) groups is 1. The van der Waals surface area contributed by atoms with Gasteiger partial charge in [0.05, 0.1) is 5.75 Å². The Balaban J connectivity index is 1.68. The summed E-state index contributed by atoms with van der Waals surface area (Å²) in [5, 5.41) is 11.1. The summed E-state index contributed by atoms with van der Waals surface area (Å²) < 4.78 is 0.810. The number of carbonyl (C=O) groups excluding carboxylic acids is 1. The third-order valence-electron chi connectivity index (χ3n) is 3.65. The molecule has 26 heavy (non-hydrogen) atoms. The number of benzene rings is 2. The zero-order chi connectivity index (χ0) is 18.4. The Morgan fingerprint density at radius 1 is 1.12 bits per heavy atom. The van der Waals surface area contributed by atoms with Gasteiger partial charge in [-0.2, -0.15) is 0 Å². The van der Waals surface area contributed by atoms with Gasteiger partial charge < -0.3 is 10.2 Å². The number of amides is 1. The fourth-order valence-electron chi connectivity index (χ4n) is 2.54. The summed E-state index contributed by atoms with van der Waals surface area (Å²) >= 11 is 2.87. The van der Waals surface area contributed by atoms with E-state index in [9.17, 15) is 4.79 Å². The lowest BCUT2D eigenvalue weighted by atomic mass is 10.2. The molecule has 3 aromatic rings. The van der Waals surface area contributed by atoms with E-state index in [1.54, 1.807) is 5.51 Å². The maximum absolute atomic E-state index is 12.7. The minimum Gasteiger partial charge on any atom is -0.356 e.